The van der Waals surface area contributed by atoms with Crippen molar-refractivity contribution in [3.05, 3.63) is 384 Å². The summed E-state index contributed by atoms with van der Waals surface area (Å²) in [7, 11) is 0. The van der Waals surface area contributed by atoms with E-state index in [0.717, 1.165) is 11.4 Å². The van der Waals surface area contributed by atoms with Crippen LogP contribution in [0.15, 0.2) is 340 Å². The van der Waals surface area contributed by atoms with Crippen molar-refractivity contribution in [1.29, 1.82) is 0 Å². The molecule has 2 aliphatic heterocycles. The van der Waals surface area contributed by atoms with E-state index in [0.29, 0.717) is 0 Å². The first-order valence-corrected chi connectivity index (χ1v) is 32.2. The minimum Gasteiger partial charge on any atom is -0.310 e. The third-order valence-electron chi connectivity index (χ3n) is 21.0. The normalized spacial score (nSPS) is 14.0. The molecule has 2 aliphatic carbocycles. The minimum absolute atomic E-state index is 0.613. The molecule has 0 radical (unpaired) electrons. The molecule has 2 nitrogen and oxygen atoms in total. The molecule has 0 aromatic heterocycles. The van der Waals surface area contributed by atoms with Gasteiger partial charge in [-0.15, -0.1) is 0 Å². The molecule has 426 valence electrons. The van der Waals surface area contributed by atoms with Gasteiger partial charge in [0.2, 0.25) is 0 Å². The first-order chi connectivity index (χ1) is 45.7. The number of hydrogen-bond donors (Lipinski definition) is 0. The Kier molecular flexibility index (Phi) is 10.7. The summed E-state index contributed by atoms with van der Waals surface area (Å²) in [5, 5.41) is 9.80. The fraction of sp³-hybridized carbons (Fsp3) is 0.0222. The van der Waals surface area contributed by atoms with Crippen molar-refractivity contribution in [3.8, 4) is 55.6 Å². The number of fused-ring (bicyclic) bond motifs is 22. The minimum atomic E-state index is -0.613. The van der Waals surface area contributed by atoms with Gasteiger partial charge in [-0.05, 0) is 204 Å². The van der Waals surface area contributed by atoms with Gasteiger partial charge in [0.1, 0.15) is 0 Å². The lowest BCUT2D eigenvalue weighted by Gasteiger charge is -2.45. The first-order valence-electron chi connectivity index (χ1n) is 32.2. The van der Waals surface area contributed by atoms with Gasteiger partial charge in [-0.3, -0.25) is 0 Å². The lowest BCUT2D eigenvalue weighted by Crippen LogP contribution is -2.36. The molecule has 0 bridgehead atoms. The maximum atomic E-state index is 2.57. The monoisotopic (exact) mass is 1160 g/mol. The van der Waals surface area contributed by atoms with Crippen LogP contribution in [0.25, 0.3) is 98.7 Å². The molecule has 0 amide bonds. The molecule has 0 atom stereocenters. The van der Waals surface area contributed by atoms with Gasteiger partial charge < -0.3 is 9.80 Å². The number of nitrogens with zero attached hydrogens (tertiary/aromatic N) is 2. The lowest BCUT2D eigenvalue weighted by atomic mass is 9.64. The molecule has 0 saturated heterocycles. The summed E-state index contributed by atoms with van der Waals surface area (Å²) >= 11 is 0. The van der Waals surface area contributed by atoms with Crippen molar-refractivity contribution in [1.82, 2.24) is 0 Å². The molecule has 0 fully saturated rings. The third-order valence-corrected chi connectivity index (χ3v) is 21.0. The van der Waals surface area contributed by atoms with Crippen LogP contribution in [-0.4, -0.2) is 0 Å². The number of benzene rings is 16. The van der Waals surface area contributed by atoms with Gasteiger partial charge in [0, 0.05) is 11.4 Å². The molecule has 0 saturated carbocycles. The Morgan fingerprint density at radius 2 is 0.467 bits per heavy atom. The SMILES string of the molecule is c1ccc(N2c3ccccc3C3(c4ccccc4-c4c(-c5cccc6c(-c7c8ccccc8cc8ccccc78)c7cccc(-c8cccc9c8-c8ccccc8C98c9ccccc9N(c9ccccc9)c9ccccc98)c7cc56)cccc43)c3ccccc32)cc1. The van der Waals surface area contributed by atoms with E-state index in [4.69, 9.17) is 0 Å². The number of rotatable bonds is 5. The fourth-order valence-electron chi connectivity index (χ4n) is 17.7. The van der Waals surface area contributed by atoms with Crippen molar-refractivity contribution in [2.45, 2.75) is 10.8 Å². The predicted octanol–water partition coefficient (Wildman–Crippen LogP) is 23.6. The molecular weight excluding hydrogens is 1110 g/mol. The van der Waals surface area contributed by atoms with Crippen molar-refractivity contribution in [3.63, 3.8) is 0 Å². The van der Waals surface area contributed by atoms with Crippen LogP contribution in [0, 0.1) is 0 Å². The van der Waals surface area contributed by atoms with Crippen LogP contribution in [0.5, 0.6) is 0 Å². The van der Waals surface area contributed by atoms with Crippen molar-refractivity contribution >= 4 is 77.2 Å². The van der Waals surface area contributed by atoms with E-state index in [2.05, 4.69) is 350 Å². The quantitative estimate of drug-likeness (QED) is 0.159. The summed E-state index contributed by atoms with van der Waals surface area (Å²) in [4.78, 5) is 4.94. The van der Waals surface area contributed by atoms with Gasteiger partial charge in [-0.1, -0.05) is 279 Å². The predicted molar refractivity (Wildman–Crippen MR) is 384 cm³/mol. The Morgan fingerprint density at radius 1 is 0.174 bits per heavy atom. The maximum Gasteiger partial charge on any atom is 0.0754 e. The molecule has 16 aromatic carbocycles. The number of hydrogen-bond acceptors (Lipinski definition) is 2. The highest BCUT2D eigenvalue weighted by atomic mass is 15.2. The van der Waals surface area contributed by atoms with Gasteiger partial charge in [-0.2, -0.15) is 0 Å². The highest BCUT2D eigenvalue weighted by molar-refractivity contribution is 6.27. The van der Waals surface area contributed by atoms with Gasteiger partial charge in [0.15, 0.2) is 0 Å². The Bertz CT molecular complexity index is 5350. The molecule has 2 spiro atoms. The van der Waals surface area contributed by atoms with E-state index in [1.165, 1.54) is 166 Å². The second-order valence-electron chi connectivity index (χ2n) is 25.2. The molecule has 0 unspecified atom stereocenters. The van der Waals surface area contributed by atoms with Crippen LogP contribution < -0.4 is 9.80 Å². The maximum absolute atomic E-state index is 2.57. The zero-order valence-electron chi connectivity index (χ0n) is 50.2. The lowest BCUT2D eigenvalue weighted by molar-refractivity contribution is 0.753. The summed E-state index contributed by atoms with van der Waals surface area (Å²) in [5.74, 6) is 0. The van der Waals surface area contributed by atoms with E-state index in [1.807, 2.05) is 0 Å². The van der Waals surface area contributed by atoms with Crippen LogP contribution in [0.3, 0.4) is 0 Å². The standard InChI is InChI=1S/C90H56N2/c1-3-29-59(30-4-1)91-81-51-19-15-45-75(81)89(76-46-16-20-52-82(76)91)73-43-13-11-35-69(73)85-65(41-25-49-79(85)89)63-37-23-39-67-71(63)56-72-64(38-24-40-68(72)88(67)87-61-33-9-7-27-57(61)55-58-28-8-10-34-62(58)87)66-42-26-50-80-86(66)70-36-12-14-44-74(70)90(80)77-47-17-21-53-83(77)92(60-31-5-2-6-32-60)84-54-22-18-48-78(84)90/h1-56H. The van der Waals surface area contributed by atoms with Crippen LogP contribution in [-0.2, 0) is 10.8 Å². The summed E-state index contributed by atoms with van der Waals surface area (Å²) in [6.07, 6.45) is 0. The second kappa shape index (κ2) is 19.3. The van der Waals surface area contributed by atoms with E-state index in [-0.39, 0.29) is 0 Å². The number of para-hydroxylation sites is 6. The highest BCUT2D eigenvalue weighted by Crippen LogP contribution is 2.67. The molecule has 92 heavy (non-hydrogen) atoms. The second-order valence-corrected chi connectivity index (χ2v) is 25.2. The smallest absolute Gasteiger partial charge is 0.0754 e. The Hall–Kier alpha value is -11.8. The molecule has 16 aromatic rings. The van der Waals surface area contributed by atoms with Gasteiger partial charge in [-0.25, -0.2) is 0 Å². The fourth-order valence-corrected chi connectivity index (χ4v) is 17.7. The van der Waals surface area contributed by atoms with E-state index < -0.39 is 10.8 Å². The highest BCUT2D eigenvalue weighted by Gasteiger charge is 2.54. The van der Waals surface area contributed by atoms with Gasteiger partial charge >= 0.3 is 0 Å². The van der Waals surface area contributed by atoms with E-state index >= 15 is 0 Å². The largest absolute Gasteiger partial charge is 0.310 e. The Labute approximate surface area is 534 Å². The van der Waals surface area contributed by atoms with Gasteiger partial charge in [0.05, 0.1) is 33.6 Å². The van der Waals surface area contributed by atoms with E-state index in [9.17, 15) is 0 Å². The molecule has 0 N–H and O–H groups in total. The van der Waals surface area contributed by atoms with Crippen molar-refractivity contribution in [2.24, 2.45) is 0 Å². The third kappa shape index (κ3) is 6.67. The van der Waals surface area contributed by atoms with E-state index in [1.54, 1.807) is 0 Å². The van der Waals surface area contributed by atoms with Crippen LogP contribution >= 0.6 is 0 Å². The Balaban J connectivity index is 0.890. The molecule has 2 heterocycles. The average Bonchev–Trinajstić information content (AvgIpc) is 1.46. The summed E-state index contributed by atoms with van der Waals surface area (Å²) in [6.45, 7) is 0. The average molecular weight is 1170 g/mol. The summed E-state index contributed by atoms with van der Waals surface area (Å²) < 4.78 is 0. The summed E-state index contributed by atoms with van der Waals surface area (Å²) in [6, 6.07) is 129. The topological polar surface area (TPSA) is 6.48 Å². The molecular formula is C90H56N2. The molecule has 20 rings (SSSR count). The zero-order chi connectivity index (χ0) is 60.2. The van der Waals surface area contributed by atoms with Crippen LogP contribution in [0.4, 0.5) is 34.1 Å². The molecule has 2 heteroatoms. The van der Waals surface area contributed by atoms with Crippen LogP contribution in [0.1, 0.15) is 44.5 Å². The summed E-state index contributed by atoms with van der Waals surface area (Å²) in [5.41, 5.74) is 28.6. The van der Waals surface area contributed by atoms with Crippen molar-refractivity contribution in [2.75, 3.05) is 9.80 Å². The Morgan fingerprint density at radius 3 is 0.891 bits per heavy atom. The van der Waals surface area contributed by atoms with Gasteiger partial charge in [0.25, 0.3) is 0 Å². The molecule has 4 aliphatic rings. The number of anilines is 6. The first kappa shape index (κ1) is 51.1. The van der Waals surface area contributed by atoms with Crippen LogP contribution in [0.2, 0.25) is 0 Å². The zero-order valence-corrected chi connectivity index (χ0v) is 50.2. The van der Waals surface area contributed by atoms with Crippen molar-refractivity contribution < 1.29 is 0 Å².